The van der Waals surface area contributed by atoms with E-state index < -0.39 is 4.92 Å². The molecule has 2 rings (SSSR count). The first kappa shape index (κ1) is 14.3. The maximum atomic E-state index is 11.0. The number of nitrogens with one attached hydrogen (secondary N) is 1. The van der Waals surface area contributed by atoms with Crippen LogP contribution >= 0.6 is 11.6 Å². The summed E-state index contributed by atoms with van der Waals surface area (Å²) in [6.07, 6.45) is 3.48. The fraction of sp³-hybridized carbons (Fsp3) is 0.308. The summed E-state index contributed by atoms with van der Waals surface area (Å²) >= 11 is 5.88. The Morgan fingerprint density at radius 1 is 1.50 bits per heavy atom. The maximum absolute atomic E-state index is 11.0. The van der Waals surface area contributed by atoms with Crippen molar-refractivity contribution >= 4 is 23.0 Å². The van der Waals surface area contributed by atoms with Gasteiger partial charge in [-0.15, -0.1) is 0 Å². The predicted octanol–water partition coefficient (Wildman–Crippen LogP) is 3.64. The summed E-state index contributed by atoms with van der Waals surface area (Å²) in [5.41, 5.74) is 1.36. The zero-order valence-corrected chi connectivity index (χ0v) is 12.0. The van der Waals surface area contributed by atoms with Gasteiger partial charge in [0.1, 0.15) is 5.69 Å². The second-order valence-electron chi connectivity index (χ2n) is 4.66. The van der Waals surface area contributed by atoms with Crippen LogP contribution in [0.1, 0.15) is 25.6 Å². The maximum Gasteiger partial charge on any atom is 0.292 e. The lowest BCUT2D eigenvalue weighted by Crippen LogP contribution is -2.09. The number of aromatic nitrogens is 2. The fourth-order valence-corrected chi connectivity index (χ4v) is 2.10. The number of halogens is 1. The summed E-state index contributed by atoms with van der Waals surface area (Å²) in [5, 5.41) is 14.5. The van der Waals surface area contributed by atoms with Crippen molar-refractivity contribution in [1.29, 1.82) is 0 Å². The van der Waals surface area contributed by atoms with E-state index in [2.05, 4.69) is 10.3 Å². The number of anilines is 1. The Labute approximate surface area is 121 Å². The van der Waals surface area contributed by atoms with Gasteiger partial charge in [0.05, 0.1) is 23.5 Å². The molecule has 0 spiro atoms. The first-order valence-electron chi connectivity index (χ1n) is 6.17. The van der Waals surface area contributed by atoms with Gasteiger partial charge < -0.3 is 9.88 Å². The lowest BCUT2D eigenvalue weighted by molar-refractivity contribution is -0.384. The van der Waals surface area contributed by atoms with Crippen LogP contribution in [0, 0.1) is 10.1 Å². The van der Waals surface area contributed by atoms with Crippen LogP contribution in [-0.4, -0.2) is 14.5 Å². The Bertz CT molecular complexity index is 625. The summed E-state index contributed by atoms with van der Waals surface area (Å²) in [7, 11) is 0. The molecule has 0 aliphatic heterocycles. The molecule has 6 nitrogen and oxygen atoms in total. The second-order valence-corrected chi connectivity index (χ2v) is 5.09. The smallest absolute Gasteiger partial charge is 0.292 e. The molecule has 0 saturated carbocycles. The Morgan fingerprint density at radius 3 is 2.90 bits per heavy atom. The molecule has 1 N–H and O–H groups in total. The van der Waals surface area contributed by atoms with Gasteiger partial charge in [-0.25, -0.2) is 4.98 Å². The predicted molar refractivity (Wildman–Crippen MR) is 78.0 cm³/mol. The van der Waals surface area contributed by atoms with E-state index in [1.165, 1.54) is 12.1 Å². The van der Waals surface area contributed by atoms with Crippen LogP contribution in [0.5, 0.6) is 0 Å². The van der Waals surface area contributed by atoms with Gasteiger partial charge in [0.25, 0.3) is 5.69 Å². The molecule has 0 aliphatic rings. The normalized spacial score (nSPS) is 10.8. The molecule has 7 heteroatoms. The van der Waals surface area contributed by atoms with Gasteiger partial charge >= 0.3 is 0 Å². The third-order valence-corrected chi connectivity index (χ3v) is 3.15. The van der Waals surface area contributed by atoms with Crippen molar-refractivity contribution < 1.29 is 4.92 Å². The lowest BCUT2D eigenvalue weighted by atomic mass is 10.2. The Kier molecular flexibility index (Phi) is 4.24. The van der Waals surface area contributed by atoms with E-state index in [9.17, 15) is 10.1 Å². The van der Waals surface area contributed by atoms with E-state index in [1.54, 1.807) is 18.6 Å². The molecule has 0 radical (unpaired) electrons. The molecule has 106 valence electrons. The summed E-state index contributed by atoms with van der Waals surface area (Å²) < 4.78 is 2.00. The average Bonchev–Trinajstić information content (AvgIpc) is 2.84. The number of imidazole rings is 1. The summed E-state index contributed by atoms with van der Waals surface area (Å²) in [6.45, 7) is 4.54. The third kappa shape index (κ3) is 3.08. The quantitative estimate of drug-likeness (QED) is 0.675. The Hall–Kier alpha value is -2.08. The zero-order valence-electron chi connectivity index (χ0n) is 11.2. The van der Waals surface area contributed by atoms with Gasteiger partial charge in [0.15, 0.2) is 0 Å². The SMILES string of the molecule is CC(C)n1cncc1CNc1cc(Cl)ccc1[N+](=O)[O-]. The molecule has 0 atom stereocenters. The fourth-order valence-electron chi connectivity index (χ4n) is 1.93. The highest BCUT2D eigenvalue weighted by Crippen LogP contribution is 2.28. The number of nitro benzene ring substituents is 1. The van der Waals surface area contributed by atoms with Crippen LogP contribution in [0.4, 0.5) is 11.4 Å². The minimum Gasteiger partial charge on any atom is -0.374 e. The van der Waals surface area contributed by atoms with Gasteiger partial charge in [-0.1, -0.05) is 11.6 Å². The standard InChI is InChI=1S/C13H15ClN4O2/c1-9(2)17-8-15-6-11(17)7-16-12-5-10(14)3-4-13(12)18(19)20/h3-6,8-9,16H,7H2,1-2H3. The minimum absolute atomic E-state index is 0.00464. The van der Waals surface area contributed by atoms with Crippen LogP contribution in [0.25, 0.3) is 0 Å². The van der Waals surface area contributed by atoms with Crippen LogP contribution in [0.15, 0.2) is 30.7 Å². The lowest BCUT2D eigenvalue weighted by Gasteiger charge is -2.13. The number of rotatable bonds is 5. The monoisotopic (exact) mass is 294 g/mol. The van der Waals surface area contributed by atoms with Gasteiger partial charge in [0, 0.05) is 23.3 Å². The highest BCUT2D eigenvalue weighted by atomic mass is 35.5. The third-order valence-electron chi connectivity index (χ3n) is 2.92. The van der Waals surface area contributed by atoms with Crippen molar-refractivity contribution in [2.75, 3.05) is 5.32 Å². The van der Waals surface area contributed by atoms with Crippen molar-refractivity contribution in [3.05, 3.63) is 51.6 Å². The van der Waals surface area contributed by atoms with Gasteiger partial charge in [0.2, 0.25) is 0 Å². The number of nitro groups is 1. The molecule has 0 fully saturated rings. The first-order chi connectivity index (χ1) is 9.49. The van der Waals surface area contributed by atoms with Crippen LogP contribution in [0.2, 0.25) is 5.02 Å². The largest absolute Gasteiger partial charge is 0.374 e. The van der Waals surface area contributed by atoms with Crippen molar-refractivity contribution in [3.63, 3.8) is 0 Å². The van der Waals surface area contributed by atoms with Crippen molar-refractivity contribution in [1.82, 2.24) is 9.55 Å². The van der Waals surface area contributed by atoms with E-state index >= 15 is 0 Å². The number of benzene rings is 1. The molecule has 2 aromatic rings. The van der Waals surface area contributed by atoms with E-state index in [-0.39, 0.29) is 11.7 Å². The number of hydrogen-bond donors (Lipinski definition) is 1. The zero-order chi connectivity index (χ0) is 14.7. The highest BCUT2D eigenvalue weighted by molar-refractivity contribution is 6.31. The molecule has 0 aliphatic carbocycles. The average molecular weight is 295 g/mol. The summed E-state index contributed by atoms with van der Waals surface area (Å²) in [5.74, 6) is 0. The number of hydrogen-bond acceptors (Lipinski definition) is 4. The molecule has 0 unspecified atom stereocenters. The van der Waals surface area contributed by atoms with E-state index in [4.69, 9.17) is 11.6 Å². The van der Waals surface area contributed by atoms with Crippen molar-refractivity contribution in [2.24, 2.45) is 0 Å². The Morgan fingerprint density at radius 2 is 2.25 bits per heavy atom. The van der Waals surface area contributed by atoms with Gasteiger partial charge in [-0.3, -0.25) is 10.1 Å². The summed E-state index contributed by atoms with van der Waals surface area (Å²) in [6, 6.07) is 4.73. The Balaban J connectivity index is 2.20. The molecule has 0 bridgehead atoms. The van der Waals surface area contributed by atoms with Crippen LogP contribution in [-0.2, 0) is 6.54 Å². The minimum atomic E-state index is -0.432. The van der Waals surface area contributed by atoms with E-state index in [1.807, 2.05) is 18.4 Å². The van der Waals surface area contributed by atoms with E-state index in [0.29, 0.717) is 17.3 Å². The van der Waals surface area contributed by atoms with Gasteiger partial charge in [-0.2, -0.15) is 0 Å². The van der Waals surface area contributed by atoms with Crippen LogP contribution < -0.4 is 5.32 Å². The first-order valence-corrected chi connectivity index (χ1v) is 6.55. The second kappa shape index (κ2) is 5.92. The van der Waals surface area contributed by atoms with Gasteiger partial charge in [-0.05, 0) is 26.0 Å². The van der Waals surface area contributed by atoms with Crippen molar-refractivity contribution in [3.8, 4) is 0 Å². The molecular weight excluding hydrogens is 280 g/mol. The topological polar surface area (TPSA) is 73.0 Å². The number of nitrogens with zero attached hydrogens (tertiary/aromatic N) is 3. The molecule has 1 heterocycles. The molecule has 1 aromatic carbocycles. The van der Waals surface area contributed by atoms with Crippen LogP contribution in [0.3, 0.4) is 0 Å². The molecular formula is C13H15ClN4O2. The highest BCUT2D eigenvalue weighted by Gasteiger charge is 2.14. The summed E-state index contributed by atoms with van der Waals surface area (Å²) in [4.78, 5) is 14.6. The van der Waals surface area contributed by atoms with E-state index in [0.717, 1.165) is 5.69 Å². The van der Waals surface area contributed by atoms with Crippen molar-refractivity contribution in [2.45, 2.75) is 26.4 Å². The molecule has 0 amide bonds. The molecule has 0 saturated heterocycles. The molecule has 20 heavy (non-hydrogen) atoms. The molecule has 1 aromatic heterocycles.